The molecule has 0 spiro atoms. The second-order valence-electron chi connectivity index (χ2n) is 5.43. The van der Waals surface area contributed by atoms with Crippen LogP contribution in [0.2, 0.25) is 0 Å². The van der Waals surface area contributed by atoms with Crippen LogP contribution >= 0.6 is 11.8 Å². The van der Waals surface area contributed by atoms with Gasteiger partial charge >= 0.3 is 12.0 Å². The summed E-state index contributed by atoms with van der Waals surface area (Å²) in [7, 11) is 1.73. The summed E-state index contributed by atoms with van der Waals surface area (Å²) in [6, 6.07) is -0.718. The molecule has 2 amide bonds. The summed E-state index contributed by atoms with van der Waals surface area (Å²) >= 11 is 1.58. The molecule has 2 N–H and O–H groups in total. The Hall–Kier alpha value is -0.950. The molecule has 0 aromatic rings. The summed E-state index contributed by atoms with van der Waals surface area (Å²) in [5.41, 5.74) is 0. The number of carbonyl (C=O) groups is 2. The van der Waals surface area contributed by atoms with Crippen LogP contribution in [-0.4, -0.2) is 77.7 Å². The summed E-state index contributed by atoms with van der Waals surface area (Å²) in [6.07, 6.45) is 4.63. The first-order valence-corrected chi connectivity index (χ1v) is 8.86. The lowest BCUT2D eigenvalue weighted by Crippen LogP contribution is -2.50. The summed E-state index contributed by atoms with van der Waals surface area (Å²) in [5.74, 6) is -0.255. The molecule has 6 nitrogen and oxygen atoms in total. The number of carboxylic acid groups (broad SMARTS) is 1. The SMILES string of the molecule is CCN1CCCC1CN(C)C(=O)NC(CCSC)C(=O)O. The normalized spacial score (nSPS) is 20.2. The van der Waals surface area contributed by atoms with Gasteiger partial charge < -0.3 is 15.3 Å². The van der Waals surface area contributed by atoms with Crippen molar-refractivity contribution < 1.29 is 14.7 Å². The number of carbonyl (C=O) groups excluding carboxylic acids is 1. The first-order valence-electron chi connectivity index (χ1n) is 7.47. The summed E-state index contributed by atoms with van der Waals surface area (Å²) in [4.78, 5) is 27.3. The molecule has 122 valence electrons. The molecule has 0 aromatic carbocycles. The third-order valence-electron chi connectivity index (χ3n) is 3.94. The van der Waals surface area contributed by atoms with Crippen LogP contribution in [0.15, 0.2) is 0 Å². The van der Waals surface area contributed by atoms with Gasteiger partial charge in [0.25, 0.3) is 0 Å². The second-order valence-corrected chi connectivity index (χ2v) is 6.41. The first kappa shape index (κ1) is 18.1. The number of carboxylic acids is 1. The Bertz CT molecular complexity index is 354. The van der Waals surface area contributed by atoms with E-state index >= 15 is 0 Å². The van der Waals surface area contributed by atoms with E-state index in [1.807, 2.05) is 6.26 Å². The highest BCUT2D eigenvalue weighted by atomic mass is 32.2. The average Bonchev–Trinajstić information content (AvgIpc) is 2.89. The van der Waals surface area contributed by atoms with E-state index in [1.54, 1.807) is 23.7 Å². The lowest BCUT2D eigenvalue weighted by Gasteiger charge is -2.28. The molecule has 1 aliphatic rings. The molecule has 7 heteroatoms. The van der Waals surface area contributed by atoms with Gasteiger partial charge in [-0.2, -0.15) is 11.8 Å². The second kappa shape index (κ2) is 9.15. The Morgan fingerprint density at radius 1 is 1.52 bits per heavy atom. The Morgan fingerprint density at radius 2 is 2.24 bits per heavy atom. The van der Waals surface area contributed by atoms with Crippen molar-refractivity contribution in [2.45, 2.75) is 38.3 Å². The van der Waals surface area contributed by atoms with Crippen molar-refractivity contribution in [2.24, 2.45) is 0 Å². The summed E-state index contributed by atoms with van der Waals surface area (Å²) in [6.45, 7) is 4.85. The number of nitrogens with one attached hydrogen (secondary N) is 1. The Labute approximate surface area is 131 Å². The molecule has 1 fully saturated rings. The number of hydrogen-bond acceptors (Lipinski definition) is 4. The molecule has 0 bridgehead atoms. The highest BCUT2D eigenvalue weighted by Crippen LogP contribution is 2.17. The number of likely N-dealkylation sites (tertiary alicyclic amines) is 1. The van der Waals surface area contributed by atoms with Gasteiger partial charge in [0.05, 0.1) is 0 Å². The van der Waals surface area contributed by atoms with Crippen LogP contribution < -0.4 is 5.32 Å². The standard InChI is InChI=1S/C14H27N3O3S/c1-4-17-8-5-6-11(17)10-16(2)14(20)15-12(13(18)19)7-9-21-3/h11-12H,4-10H2,1-3H3,(H,15,20)(H,18,19). The lowest BCUT2D eigenvalue weighted by molar-refractivity contribution is -0.139. The monoisotopic (exact) mass is 317 g/mol. The van der Waals surface area contributed by atoms with Crippen molar-refractivity contribution in [3.8, 4) is 0 Å². The third-order valence-corrected chi connectivity index (χ3v) is 4.59. The molecule has 0 radical (unpaired) electrons. The van der Waals surface area contributed by atoms with Crippen molar-refractivity contribution >= 4 is 23.8 Å². The topological polar surface area (TPSA) is 72.9 Å². The third kappa shape index (κ3) is 5.74. The smallest absolute Gasteiger partial charge is 0.326 e. The van der Waals surface area contributed by atoms with Gasteiger partial charge in [0.2, 0.25) is 0 Å². The number of rotatable bonds is 8. The van der Waals surface area contributed by atoms with Gasteiger partial charge in [0, 0.05) is 19.6 Å². The van der Waals surface area contributed by atoms with Crippen molar-refractivity contribution in [1.82, 2.24) is 15.1 Å². The zero-order valence-electron chi connectivity index (χ0n) is 13.2. The van der Waals surface area contributed by atoms with Gasteiger partial charge in [-0.3, -0.25) is 4.90 Å². The zero-order valence-corrected chi connectivity index (χ0v) is 14.0. The minimum atomic E-state index is -0.971. The summed E-state index contributed by atoms with van der Waals surface area (Å²) in [5, 5.41) is 11.8. The maximum atomic E-state index is 12.1. The van der Waals surface area contributed by atoms with Crippen LogP contribution in [0.5, 0.6) is 0 Å². The van der Waals surface area contributed by atoms with E-state index < -0.39 is 12.0 Å². The van der Waals surface area contributed by atoms with Gasteiger partial charge in [-0.15, -0.1) is 0 Å². The van der Waals surface area contributed by atoms with Crippen LogP contribution in [0.3, 0.4) is 0 Å². The van der Waals surface area contributed by atoms with Gasteiger partial charge in [-0.1, -0.05) is 6.92 Å². The molecule has 0 aromatic heterocycles. The highest BCUT2D eigenvalue weighted by molar-refractivity contribution is 7.98. The van der Waals surface area contributed by atoms with Gasteiger partial charge in [0.15, 0.2) is 0 Å². The lowest BCUT2D eigenvalue weighted by atomic mass is 10.2. The maximum Gasteiger partial charge on any atom is 0.326 e. The molecular weight excluding hydrogens is 290 g/mol. The maximum absolute atomic E-state index is 12.1. The van der Waals surface area contributed by atoms with Crippen LogP contribution in [0.4, 0.5) is 4.79 Å². The molecule has 0 saturated carbocycles. The minimum Gasteiger partial charge on any atom is -0.480 e. The van der Waals surface area contributed by atoms with Crippen LogP contribution in [0.1, 0.15) is 26.2 Å². The van der Waals surface area contributed by atoms with Crippen molar-refractivity contribution in [1.29, 1.82) is 0 Å². The highest BCUT2D eigenvalue weighted by Gasteiger charge is 2.27. The van der Waals surface area contributed by atoms with Crippen LogP contribution in [0.25, 0.3) is 0 Å². The molecule has 0 aliphatic carbocycles. The Kier molecular flexibility index (Phi) is 7.88. The number of aliphatic carboxylic acids is 1. The molecule has 2 atom stereocenters. The molecule has 1 saturated heterocycles. The van der Waals surface area contributed by atoms with Crippen molar-refractivity contribution in [3.05, 3.63) is 0 Å². The number of thioether (sulfide) groups is 1. The van der Waals surface area contributed by atoms with E-state index in [0.717, 1.165) is 19.5 Å². The quantitative estimate of drug-likeness (QED) is 0.706. The molecule has 2 unspecified atom stereocenters. The zero-order chi connectivity index (χ0) is 15.8. The van der Waals surface area contributed by atoms with Crippen LogP contribution in [0, 0.1) is 0 Å². The predicted molar refractivity (Wildman–Crippen MR) is 85.9 cm³/mol. The van der Waals surface area contributed by atoms with Crippen molar-refractivity contribution in [2.75, 3.05) is 38.7 Å². The van der Waals surface area contributed by atoms with Gasteiger partial charge in [0.1, 0.15) is 6.04 Å². The van der Waals surface area contributed by atoms with E-state index in [2.05, 4.69) is 17.1 Å². The fraction of sp³-hybridized carbons (Fsp3) is 0.857. The van der Waals surface area contributed by atoms with E-state index in [1.165, 1.54) is 6.42 Å². The molecule has 21 heavy (non-hydrogen) atoms. The average molecular weight is 317 g/mol. The molecule has 1 heterocycles. The van der Waals surface area contributed by atoms with Gasteiger partial charge in [-0.05, 0) is 44.4 Å². The number of hydrogen-bond donors (Lipinski definition) is 2. The summed E-state index contributed by atoms with van der Waals surface area (Å²) < 4.78 is 0. The largest absolute Gasteiger partial charge is 0.480 e. The number of nitrogens with zero attached hydrogens (tertiary/aromatic N) is 2. The number of urea groups is 1. The van der Waals surface area contributed by atoms with E-state index in [9.17, 15) is 9.59 Å². The Morgan fingerprint density at radius 3 is 2.81 bits per heavy atom. The predicted octanol–water partition coefficient (Wildman–Crippen LogP) is 1.32. The van der Waals surface area contributed by atoms with Crippen LogP contribution in [-0.2, 0) is 4.79 Å². The molecule has 1 rings (SSSR count). The fourth-order valence-electron chi connectivity index (χ4n) is 2.67. The minimum absolute atomic E-state index is 0.300. The van der Waals surface area contributed by atoms with Gasteiger partial charge in [-0.25, -0.2) is 9.59 Å². The number of amides is 2. The van der Waals surface area contributed by atoms with E-state index in [-0.39, 0.29) is 6.03 Å². The molecular formula is C14H27N3O3S. The van der Waals surface area contributed by atoms with E-state index in [4.69, 9.17) is 5.11 Å². The molecule has 1 aliphatic heterocycles. The van der Waals surface area contributed by atoms with E-state index in [0.29, 0.717) is 24.8 Å². The fourth-order valence-corrected chi connectivity index (χ4v) is 3.14. The first-order chi connectivity index (χ1) is 9.99. The Balaban J connectivity index is 2.46. The number of likely N-dealkylation sites (N-methyl/N-ethyl adjacent to an activating group) is 2. The van der Waals surface area contributed by atoms with Crippen molar-refractivity contribution in [3.63, 3.8) is 0 Å².